The highest BCUT2D eigenvalue weighted by Crippen LogP contribution is 2.35. The third kappa shape index (κ3) is 3.37. The van der Waals surface area contributed by atoms with Crippen molar-refractivity contribution >= 4 is 45.2 Å². The molecule has 0 amide bonds. The molecule has 132 valence electrons. The van der Waals surface area contributed by atoms with Crippen LogP contribution in [0.4, 0.5) is 0 Å². The fourth-order valence-electron chi connectivity index (χ4n) is 2.65. The zero-order valence-electron chi connectivity index (χ0n) is 12.8. The number of rotatable bonds is 4. The quantitative estimate of drug-likeness (QED) is 0.783. The van der Waals surface area contributed by atoms with Crippen LogP contribution in [0.25, 0.3) is 0 Å². The Morgan fingerprint density at radius 1 is 1.29 bits per heavy atom. The van der Waals surface area contributed by atoms with Gasteiger partial charge >= 0.3 is 11.9 Å². The van der Waals surface area contributed by atoms with Gasteiger partial charge in [-0.25, -0.2) is 13.2 Å². The average Bonchev–Trinajstić information content (AvgIpc) is 2.88. The summed E-state index contributed by atoms with van der Waals surface area (Å²) < 4.78 is 31.4. The van der Waals surface area contributed by atoms with Gasteiger partial charge < -0.3 is 9.84 Å². The van der Waals surface area contributed by atoms with E-state index in [1.807, 2.05) is 0 Å². The Bertz CT molecular complexity index is 795. The first-order valence-corrected chi connectivity index (χ1v) is 9.09. The lowest BCUT2D eigenvalue weighted by molar-refractivity contribution is -0.142. The summed E-state index contributed by atoms with van der Waals surface area (Å²) in [6.07, 6.45) is 0. The molecule has 24 heavy (non-hydrogen) atoms. The minimum Gasteiger partial charge on any atom is -0.481 e. The molecule has 1 fully saturated rings. The number of hydrogen-bond acceptors (Lipinski definition) is 5. The third-order valence-corrected chi connectivity index (χ3v) is 6.47. The maximum Gasteiger partial charge on any atom is 0.339 e. The average molecular weight is 396 g/mol. The first-order valence-electron chi connectivity index (χ1n) is 6.90. The van der Waals surface area contributed by atoms with Crippen LogP contribution < -0.4 is 0 Å². The minimum absolute atomic E-state index is 0.0128. The van der Waals surface area contributed by atoms with E-state index in [0.29, 0.717) is 0 Å². The van der Waals surface area contributed by atoms with Crippen molar-refractivity contribution in [3.8, 4) is 0 Å². The van der Waals surface area contributed by atoms with E-state index in [9.17, 15) is 23.1 Å². The van der Waals surface area contributed by atoms with Crippen LogP contribution in [-0.4, -0.2) is 50.0 Å². The van der Waals surface area contributed by atoms with Crippen molar-refractivity contribution in [2.24, 2.45) is 11.8 Å². The van der Waals surface area contributed by atoms with E-state index in [2.05, 4.69) is 4.74 Å². The van der Waals surface area contributed by atoms with E-state index in [1.54, 1.807) is 6.92 Å². The number of sulfonamides is 1. The number of hydrogen-bond donors (Lipinski definition) is 1. The van der Waals surface area contributed by atoms with Crippen molar-refractivity contribution in [2.45, 2.75) is 11.8 Å². The lowest BCUT2D eigenvalue weighted by Crippen LogP contribution is -2.31. The zero-order valence-corrected chi connectivity index (χ0v) is 15.2. The Balaban J connectivity index is 2.55. The summed E-state index contributed by atoms with van der Waals surface area (Å²) in [4.78, 5) is 22.7. The van der Waals surface area contributed by atoms with Crippen LogP contribution >= 0.6 is 23.2 Å². The standard InChI is InChI=1S/C14H15Cl2NO6S/c1-7-5-17(6-10(7)13(18)19)24(21,22)12-9(14(20)23-2)3-8(15)4-11(12)16/h3-4,7,10H,5-6H2,1-2H3,(H,18,19)/t7-,10-/m1/s1. The lowest BCUT2D eigenvalue weighted by atomic mass is 9.99. The minimum atomic E-state index is -4.19. The number of aliphatic carboxylic acids is 1. The second kappa shape index (κ2) is 6.87. The number of nitrogens with zero attached hydrogens (tertiary/aromatic N) is 1. The molecule has 10 heteroatoms. The first kappa shape index (κ1) is 19.0. The van der Waals surface area contributed by atoms with Gasteiger partial charge in [0.05, 0.1) is 23.6 Å². The highest BCUT2D eigenvalue weighted by molar-refractivity contribution is 7.89. The molecule has 1 aromatic carbocycles. The second-order valence-electron chi connectivity index (χ2n) is 5.50. The number of esters is 1. The Morgan fingerprint density at radius 2 is 1.92 bits per heavy atom. The molecule has 1 heterocycles. The smallest absolute Gasteiger partial charge is 0.339 e. The fourth-order valence-corrected chi connectivity index (χ4v) is 5.21. The summed E-state index contributed by atoms with van der Waals surface area (Å²) in [5.41, 5.74) is -0.290. The van der Waals surface area contributed by atoms with Crippen molar-refractivity contribution in [2.75, 3.05) is 20.2 Å². The Morgan fingerprint density at radius 3 is 2.42 bits per heavy atom. The fraction of sp³-hybridized carbons (Fsp3) is 0.429. The highest BCUT2D eigenvalue weighted by Gasteiger charge is 2.42. The Hall–Kier alpha value is -1.35. The van der Waals surface area contributed by atoms with Gasteiger partial charge in [-0.05, 0) is 18.1 Å². The molecule has 1 saturated heterocycles. The van der Waals surface area contributed by atoms with Gasteiger partial charge in [0.25, 0.3) is 0 Å². The van der Waals surface area contributed by atoms with Crippen molar-refractivity contribution in [3.05, 3.63) is 27.7 Å². The van der Waals surface area contributed by atoms with E-state index in [4.69, 9.17) is 23.2 Å². The van der Waals surface area contributed by atoms with E-state index < -0.39 is 32.8 Å². The SMILES string of the molecule is COC(=O)c1cc(Cl)cc(Cl)c1S(=O)(=O)N1C[C@@H](C)[C@H](C(=O)O)C1. The second-order valence-corrected chi connectivity index (χ2v) is 8.22. The summed E-state index contributed by atoms with van der Waals surface area (Å²) in [5, 5.41) is 9.02. The molecule has 1 aromatic rings. The molecule has 7 nitrogen and oxygen atoms in total. The molecule has 1 aliphatic heterocycles. The molecule has 1 N–H and O–H groups in total. The molecule has 2 atom stereocenters. The van der Waals surface area contributed by atoms with E-state index >= 15 is 0 Å². The van der Waals surface area contributed by atoms with Crippen LogP contribution in [0.3, 0.4) is 0 Å². The van der Waals surface area contributed by atoms with E-state index in [-0.39, 0.29) is 34.6 Å². The molecule has 0 aliphatic carbocycles. The van der Waals surface area contributed by atoms with Gasteiger partial charge in [0, 0.05) is 18.1 Å². The normalized spacial score (nSPS) is 21.7. The first-order chi connectivity index (χ1) is 11.1. The number of carbonyl (C=O) groups is 2. The number of carboxylic acid groups (broad SMARTS) is 1. The van der Waals surface area contributed by atoms with Gasteiger partial charge in [-0.15, -0.1) is 0 Å². The van der Waals surface area contributed by atoms with Gasteiger partial charge in [0.1, 0.15) is 4.90 Å². The van der Waals surface area contributed by atoms with Gasteiger partial charge in [-0.3, -0.25) is 4.79 Å². The summed E-state index contributed by atoms with van der Waals surface area (Å²) in [7, 11) is -3.09. The zero-order chi connectivity index (χ0) is 18.2. The van der Waals surface area contributed by atoms with Crippen molar-refractivity contribution < 1.29 is 27.9 Å². The summed E-state index contributed by atoms with van der Waals surface area (Å²) in [5.74, 6) is -3.17. The third-order valence-electron chi connectivity index (χ3n) is 3.91. The number of carbonyl (C=O) groups excluding carboxylic acids is 1. The highest BCUT2D eigenvalue weighted by atomic mass is 35.5. The molecule has 0 unspecified atom stereocenters. The van der Waals surface area contributed by atoms with Gasteiger partial charge in [-0.2, -0.15) is 4.31 Å². The molecule has 0 spiro atoms. The Kier molecular flexibility index (Phi) is 5.44. The van der Waals surface area contributed by atoms with Gasteiger partial charge in [-0.1, -0.05) is 30.1 Å². The molecule has 0 radical (unpaired) electrons. The number of halogens is 2. The van der Waals surface area contributed by atoms with Gasteiger partial charge in [0.2, 0.25) is 10.0 Å². The van der Waals surface area contributed by atoms with Crippen LogP contribution in [-0.2, 0) is 19.6 Å². The van der Waals surface area contributed by atoms with E-state index in [0.717, 1.165) is 17.5 Å². The molecule has 2 rings (SSSR count). The maximum atomic E-state index is 12.9. The van der Waals surface area contributed by atoms with Crippen LogP contribution in [0.1, 0.15) is 17.3 Å². The van der Waals surface area contributed by atoms with Crippen LogP contribution in [0.15, 0.2) is 17.0 Å². The predicted octanol–water partition coefficient (Wildman–Crippen LogP) is 2.12. The molecule has 0 bridgehead atoms. The summed E-state index contributed by atoms with van der Waals surface area (Å²) in [6, 6.07) is 2.36. The van der Waals surface area contributed by atoms with Crippen LogP contribution in [0.2, 0.25) is 10.0 Å². The molecular weight excluding hydrogens is 381 g/mol. The number of ether oxygens (including phenoxy) is 1. The Labute approximate surface area is 149 Å². The number of methoxy groups -OCH3 is 1. The molecular formula is C14H15Cl2NO6S. The molecule has 0 saturated carbocycles. The number of carboxylic acids is 1. The van der Waals surface area contributed by atoms with Crippen molar-refractivity contribution in [3.63, 3.8) is 0 Å². The number of benzene rings is 1. The summed E-state index contributed by atoms with van der Waals surface area (Å²) >= 11 is 11.9. The maximum absolute atomic E-state index is 12.9. The van der Waals surface area contributed by atoms with Crippen molar-refractivity contribution in [1.82, 2.24) is 4.31 Å². The van der Waals surface area contributed by atoms with E-state index in [1.165, 1.54) is 6.07 Å². The largest absolute Gasteiger partial charge is 0.481 e. The summed E-state index contributed by atoms with van der Waals surface area (Å²) in [6.45, 7) is 1.47. The monoisotopic (exact) mass is 395 g/mol. The van der Waals surface area contributed by atoms with Crippen LogP contribution in [0, 0.1) is 11.8 Å². The van der Waals surface area contributed by atoms with Crippen molar-refractivity contribution in [1.29, 1.82) is 0 Å². The topological polar surface area (TPSA) is 101 Å². The molecule has 0 aromatic heterocycles. The van der Waals surface area contributed by atoms with Crippen LogP contribution in [0.5, 0.6) is 0 Å². The molecule has 1 aliphatic rings. The predicted molar refractivity (Wildman–Crippen MR) is 86.9 cm³/mol. The van der Waals surface area contributed by atoms with Gasteiger partial charge in [0.15, 0.2) is 0 Å². The lowest BCUT2D eigenvalue weighted by Gasteiger charge is -2.19.